The fraction of sp³-hybridized carbons (Fsp3) is 0.538. The molecule has 0 radical (unpaired) electrons. The second-order valence-electron chi connectivity index (χ2n) is 5.21. The molecule has 0 aromatic heterocycles. The fourth-order valence-electron chi connectivity index (χ4n) is 1.47. The highest BCUT2D eigenvalue weighted by molar-refractivity contribution is 6.21. The summed E-state index contributed by atoms with van der Waals surface area (Å²) >= 11 is 6.14. The summed E-state index contributed by atoms with van der Waals surface area (Å²) in [4.78, 5) is 0. The molecule has 0 saturated carbocycles. The summed E-state index contributed by atoms with van der Waals surface area (Å²) in [6.07, 6.45) is 0.821. The smallest absolute Gasteiger partial charge is 0.194 e. The molecule has 0 aliphatic rings. The van der Waals surface area contributed by atoms with Gasteiger partial charge in [0.1, 0.15) is 0 Å². The lowest BCUT2D eigenvalue weighted by Crippen LogP contribution is -2.21. The first-order valence-electron chi connectivity index (χ1n) is 5.50. The van der Waals surface area contributed by atoms with Crippen LogP contribution in [0.2, 0.25) is 0 Å². The van der Waals surface area contributed by atoms with E-state index in [0.29, 0.717) is 12.8 Å². The second kappa shape index (κ2) is 5.30. The van der Waals surface area contributed by atoms with Crippen LogP contribution in [0, 0.1) is 22.9 Å². The maximum Gasteiger partial charge on any atom is 0.194 e. The third-order valence-electron chi connectivity index (χ3n) is 2.72. The highest BCUT2D eigenvalue weighted by Crippen LogP contribution is 2.28. The van der Waals surface area contributed by atoms with Crippen molar-refractivity contribution in [1.82, 2.24) is 0 Å². The summed E-state index contributed by atoms with van der Waals surface area (Å²) < 4.78 is 39.0. The van der Waals surface area contributed by atoms with Crippen LogP contribution in [-0.2, 0) is 6.42 Å². The van der Waals surface area contributed by atoms with E-state index in [4.69, 9.17) is 11.6 Å². The quantitative estimate of drug-likeness (QED) is 0.549. The van der Waals surface area contributed by atoms with Crippen molar-refractivity contribution in [2.75, 3.05) is 0 Å². The van der Waals surface area contributed by atoms with Gasteiger partial charge in [0.05, 0.1) is 0 Å². The van der Waals surface area contributed by atoms with Gasteiger partial charge >= 0.3 is 0 Å². The van der Waals surface area contributed by atoms with Crippen molar-refractivity contribution < 1.29 is 13.2 Å². The summed E-state index contributed by atoms with van der Waals surface area (Å²) in [6, 6.07) is 2.20. The van der Waals surface area contributed by atoms with Crippen molar-refractivity contribution in [1.29, 1.82) is 0 Å². The van der Waals surface area contributed by atoms with Gasteiger partial charge < -0.3 is 0 Å². The molecule has 17 heavy (non-hydrogen) atoms. The van der Waals surface area contributed by atoms with Gasteiger partial charge in [-0.15, -0.1) is 11.6 Å². The number of hydrogen-bond donors (Lipinski definition) is 0. The number of aryl methyl sites for hydroxylation is 1. The molecule has 0 aliphatic heterocycles. The molecule has 1 aromatic carbocycles. The standard InChI is InChI=1S/C13H16ClF3/c1-13(2,3)10(14)7-5-8-4-6-9(15)12(17)11(8)16/h4,6,10H,5,7H2,1-3H3. The average molecular weight is 265 g/mol. The van der Waals surface area contributed by atoms with Crippen LogP contribution in [0.5, 0.6) is 0 Å². The topological polar surface area (TPSA) is 0 Å². The first kappa shape index (κ1) is 14.4. The van der Waals surface area contributed by atoms with Crippen molar-refractivity contribution in [2.24, 2.45) is 5.41 Å². The lowest BCUT2D eigenvalue weighted by molar-refractivity contribution is 0.371. The summed E-state index contributed by atoms with van der Waals surface area (Å²) in [5.41, 5.74) is 0.0650. The Morgan fingerprint density at radius 2 is 1.71 bits per heavy atom. The molecule has 0 amide bonds. The van der Waals surface area contributed by atoms with Crippen LogP contribution in [0.15, 0.2) is 12.1 Å². The van der Waals surface area contributed by atoms with Gasteiger partial charge in [-0.2, -0.15) is 0 Å². The zero-order chi connectivity index (χ0) is 13.2. The van der Waals surface area contributed by atoms with Gasteiger partial charge in [0.25, 0.3) is 0 Å². The summed E-state index contributed by atoms with van der Waals surface area (Å²) in [5.74, 6) is -3.68. The molecule has 0 spiro atoms. The van der Waals surface area contributed by atoms with Crippen LogP contribution in [0.25, 0.3) is 0 Å². The molecule has 1 atom stereocenters. The zero-order valence-electron chi connectivity index (χ0n) is 10.2. The summed E-state index contributed by atoms with van der Waals surface area (Å²) in [7, 11) is 0. The maximum absolute atomic E-state index is 13.4. The average Bonchev–Trinajstić information content (AvgIpc) is 2.23. The Labute approximate surface area is 105 Å². The van der Waals surface area contributed by atoms with Gasteiger partial charge in [0.2, 0.25) is 0 Å². The van der Waals surface area contributed by atoms with Crippen molar-refractivity contribution in [3.8, 4) is 0 Å². The largest absolute Gasteiger partial charge is 0.204 e. The van der Waals surface area contributed by atoms with E-state index in [1.165, 1.54) is 6.07 Å². The predicted molar refractivity (Wildman–Crippen MR) is 63.7 cm³/mol. The number of rotatable bonds is 3. The Morgan fingerprint density at radius 3 is 2.24 bits per heavy atom. The lowest BCUT2D eigenvalue weighted by Gasteiger charge is -2.25. The monoisotopic (exact) mass is 264 g/mol. The van der Waals surface area contributed by atoms with Gasteiger partial charge in [-0.25, -0.2) is 13.2 Å². The molecule has 0 aliphatic carbocycles. The fourth-order valence-corrected chi connectivity index (χ4v) is 1.58. The Bertz CT molecular complexity index is 396. The van der Waals surface area contributed by atoms with E-state index in [1.807, 2.05) is 20.8 Å². The van der Waals surface area contributed by atoms with Crippen molar-refractivity contribution in [2.45, 2.75) is 39.0 Å². The van der Waals surface area contributed by atoms with Crippen LogP contribution in [0.1, 0.15) is 32.8 Å². The van der Waals surface area contributed by atoms with Gasteiger partial charge in [0.15, 0.2) is 17.5 Å². The Kier molecular flexibility index (Phi) is 4.48. The predicted octanol–water partition coefficient (Wildman–Crippen LogP) is 4.69. The van der Waals surface area contributed by atoms with E-state index in [2.05, 4.69) is 0 Å². The molecule has 4 heteroatoms. The molecule has 0 heterocycles. The number of benzene rings is 1. The molecule has 0 bridgehead atoms. The van der Waals surface area contributed by atoms with Gasteiger partial charge in [-0.1, -0.05) is 26.8 Å². The molecule has 96 valence electrons. The summed E-state index contributed by atoms with van der Waals surface area (Å²) in [6.45, 7) is 5.94. The minimum Gasteiger partial charge on any atom is -0.204 e. The number of halogens is 4. The highest BCUT2D eigenvalue weighted by Gasteiger charge is 2.23. The molecular weight excluding hydrogens is 249 g/mol. The molecule has 1 aromatic rings. The van der Waals surface area contributed by atoms with Crippen molar-refractivity contribution >= 4 is 11.6 Å². The van der Waals surface area contributed by atoms with Crippen LogP contribution < -0.4 is 0 Å². The SMILES string of the molecule is CC(C)(C)C(Cl)CCc1ccc(F)c(F)c1F. The first-order valence-corrected chi connectivity index (χ1v) is 5.93. The maximum atomic E-state index is 13.4. The molecule has 0 nitrogen and oxygen atoms in total. The third kappa shape index (κ3) is 3.63. The van der Waals surface area contributed by atoms with Crippen LogP contribution >= 0.6 is 11.6 Å². The Morgan fingerprint density at radius 1 is 1.12 bits per heavy atom. The Hall–Kier alpha value is -0.700. The zero-order valence-corrected chi connectivity index (χ0v) is 10.9. The number of alkyl halides is 1. The second-order valence-corrected chi connectivity index (χ2v) is 5.73. The molecule has 0 N–H and O–H groups in total. The van der Waals surface area contributed by atoms with Crippen molar-refractivity contribution in [3.63, 3.8) is 0 Å². The normalized spacial score (nSPS) is 13.8. The molecular formula is C13H16ClF3. The lowest BCUT2D eigenvalue weighted by atomic mass is 9.88. The van der Waals surface area contributed by atoms with Crippen LogP contribution in [0.3, 0.4) is 0 Å². The minimum absolute atomic E-state index is 0.101. The Balaban J connectivity index is 2.74. The van der Waals surface area contributed by atoms with E-state index < -0.39 is 17.5 Å². The van der Waals surface area contributed by atoms with Crippen LogP contribution in [0.4, 0.5) is 13.2 Å². The van der Waals surface area contributed by atoms with Crippen LogP contribution in [-0.4, -0.2) is 5.38 Å². The van der Waals surface area contributed by atoms with E-state index >= 15 is 0 Å². The third-order valence-corrected chi connectivity index (χ3v) is 3.59. The molecule has 1 rings (SSSR count). The molecule has 0 saturated heterocycles. The van der Waals surface area contributed by atoms with Gasteiger partial charge in [0, 0.05) is 5.38 Å². The summed E-state index contributed by atoms with van der Waals surface area (Å²) in [5, 5.41) is -0.144. The van der Waals surface area contributed by atoms with E-state index in [9.17, 15) is 13.2 Å². The molecule has 0 fully saturated rings. The van der Waals surface area contributed by atoms with Gasteiger partial charge in [-0.05, 0) is 29.9 Å². The van der Waals surface area contributed by atoms with E-state index in [0.717, 1.165) is 6.07 Å². The highest BCUT2D eigenvalue weighted by atomic mass is 35.5. The first-order chi connectivity index (χ1) is 7.73. The molecule has 1 unspecified atom stereocenters. The van der Waals surface area contributed by atoms with E-state index in [-0.39, 0.29) is 16.4 Å². The van der Waals surface area contributed by atoms with E-state index in [1.54, 1.807) is 0 Å². The van der Waals surface area contributed by atoms with Gasteiger partial charge in [-0.3, -0.25) is 0 Å². The minimum atomic E-state index is -1.41. The van der Waals surface area contributed by atoms with Crippen molar-refractivity contribution in [3.05, 3.63) is 35.1 Å². The number of hydrogen-bond acceptors (Lipinski definition) is 0.